The minimum Gasteiger partial charge on any atom is -0.383 e. The number of fused-ring (bicyclic) bond motifs is 1. The lowest BCUT2D eigenvalue weighted by atomic mass is 10.0. The Morgan fingerprint density at radius 2 is 1.80 bits per heavy atom. The van der Waals surface area contributed by atoms with E-state index in [-0.39, 0.29) is 0 Å². The average molecular weight is 337 g/mol. The number of hydrogen-bond acceptors (Lipinski definition) is 4. The smallest absolute Gasteiger partial charge is 0.164 e. The summed E-state index contributed by atoms with van der Waals surface area (Å²) in [7, 11) is 0. The molecule has 1 unspecified atom stereocenters. The van der Waals surface area contributed by atoms with Gasteiger partial charge in [0.25, 0.3) is 0 Å². The number of rotatable bonds is 8. The Morgan fingerprint density at radius 3 is 2.52 bits per heavy atom. The Labute approximate surface area is 149 Å². The molecular weight excluding hydrogens is 310 g/mol. The Morgan fingerprint density at radius 1 is 1.00 bits per heavy atom. The Balaban J connectivity index is 2.10. The second kappa shape index (κ2) is 8.10. The van der Waals surface area contributed by atoms with Crippen molar-refractivity contribution in [3.05, 3.63) is 36.7 Å². The molecule has 3 aromatic rings. The van der Waals surface area contributed by atoms with Crippen LogP contribution < -0.4 is 5.73 Å². The molecule has 3 rings (SSSR count). The molecule has 1 atom stereocenters. The van der Waals surface area contributed by atoms with Crippen molar-refractivity contribution in [1.29, 1.82) is 0 Å². The summed E-state index contributed by atoms with van der Waals surface area (Å²) in [6, 6.07) is 10.5. The number of nitrogens with two attached hydrogens (primary N) is 1. The van der Waals surface area contributed by atoms with Crippen molar-refractivity contribution in [2.45, 2.75) is 58.4 Å². The van der Waals surface area contributed by atoms with E-state index in [4.69, 9.17) is 10.8 Å². The van der Waals surface area contributed by atoms with Gasteiger partial charge < -0.3 is 5.73 Å². The zero-order valence-corrected chi connectivity index (χ0v) is 15.2. The molecule has 0 aliphatic heterocycles. The van der Waals surface area contributed by atoms with Crippen molar-refractivity contribution in [2.24, 2.45) is 0 Å². The Bertz CT molecular complexity index is 810. The van der Waals surface area contributed by atoms with E-state index in [2.05, 4.69) is 40.6 Å². The van der Waals surface area contributed by atoms with Gasteiger partial charge in [-0.25, -0.2) is 14.6 Å². The molecular formula is C20H27N5. The number of benzene rings is 1. The number of aromatic nitrogens is 4. The van der Waals surface area contributed by atoms with Crippen LogP contribution >= 0.6 is 0 Å². The van der Waals surface area contributed by atoms with Crippen LogP contribution in [0, 0.1) is 0 Å². The molecule has 1 aromatic carbocycles. The SMILES string of the molecule is CCCCCC(CCC)n1nc(-c2ccccc2)c2c(N)ncnc21. The number of hydrogen-bond donors (Lipinski definition) is 1. The highest BCUT2D eigenvalue weighted by atomic mass is 15.3. The summed E-state index contributed by atoms with van der Waals surface area (Å²) in [5.74, 6) is 0.499. The van der Waals surface area contributed by atoms with Gasteiger partial charge in [0.2, 0.25) is 0 Å². The molecule has 2 aromatic heterocycles. The van der Waals surface area contributed by atoms with E-state index in [1.807, 2.05) is 18.2 Å². The topological polar surface area (TPSA) is 69.6 Å². The van der Waals surface area contributed by atoms with Gasteiger partial charge in [-0.2, -0.15) is 5.10 Å². The molecule has 0 bridgehead atoms. The minimum atomic E-state index is 0.353. The lowest BCUT2D eigenvalue weighted by Crippen LogP contribution is -2.11. The third kappa shape index (κ3) is 3.65. The minimum absolute atomic E-state index is 0.353. The van der Waals surface area contributed by atoms with Crippen molar-refractivity contribution in [2.75, 3.05) is 5.73 Å². The van der Waals surface area contributed by atoms with Gasteiger partial charge in [-0.05, 0) is 12.8 Å². The third-order valence-corrected chi connectivity index (χ3v) is 4.67. The monoisotopic (exact) mass is 337 g/mol. The normalized spacial score (nSPS) is 12.6. The van der Waals surface area contributed by atoms with Crippen LogP contribution in [0.2, 0.25) is 0 Å². The maximum absolute atomic E-state index is 6.20. The first-order chi connectivity index (χ1) is 12.3. The molecule has 0 amide bonds. The van der Waals surface area contributed by atoms with Crippen LogP contribution in [0.25, 0.3) is 22.3 Å². The third-order valence-electron chi connectivity index (χ3n) is 4.67. The number of nitrogen functional groups attached to an aromatic ring is 1. The Hall–Kier alpha value is -2.43. The molecule has 5 nitrogen and oxygen atoms in total. The summed E-state index contributed by atoms with van der Waals surface area (Å²) < 4.78 is 2.09. The molecule has 132 valence electrons. The maximum atomic E-state index is 6.20. The average Bonchev–Trinajstić information content (AvgIpc) is 3.03. The van der Waals surface area contributed by atoms with Crippen LogP contribution in [0.4, 0.5) is 5.82 Å². The maximum Gasteiger partial charge on any atom is 0.164 e. The van der Waals surface area contributed by atoms with Gasteiger partial charge >= 0.3 is 0 Å². The van der Waals surface area contributed by atoms with Crippen LogP contribution in [0.5, 0.6) is 0 Å². The fourth-order valence-corrected chi connectivity index (χ4v) is 3.40. The van der Waals surface area contributed by atoms with E-state index in [9.17, 15) is 0 Å². The van der Waals surface area contributed by atoms with Crippen molar-refractivity contribution in [1.82, 2.24) is 19.7 Å². The summed E-state index contributed by atoms with van der Waals surface area (Å²) in [6.07, 6.45) is 8.57. The fourth-order valence-electron chi connectivity index (χ4n) is 3.40. The number of nitrogens with zero attached hydrogens (tertiary/aromatic N) is 4. The molecule has 0 aliphatic rings. The second-order valence-corrected chi connectivity index (χ2v) is 6.55. The summed E-state index contributed by atoms with van der Waals surface area (Å²) >= 11 is 0. The number of unbranched alkanes of at least 4 members (excludes halogenated alkanes) is 2. The summed E-state index contributed by atoms with van der Waals surface area (Å²) in [6.45, 7) is 4.46. The predicted molar refractivity (Wildman–Crippen MR) is 103 cm³/mol. The first-order valence-corrected chi connectivity index (χ1v) is 9.30. The van der Waals surface area contributed by atoms with Gasteiger partial charge in [-0.3, -0.25) is 0 Å². The first kappa shape index (κ1) is 17.4. The van der Waals surface area contributed by atoms with E-state index in [1.165, 1.54) is 19.3 Å². The molecule has 0 radical (unpaired) electrons. The van der Waals surface area contributed by atoms with Gasteiger partial charge in [0.15, 0.2) is 5.65 Å². The molecule has 0 saturated heterocycles. The molecule has 0 saturated carbocycles. The highest BCUT2D eigenvalue weighted by Gasteiger charge is 2.21. The van der Waals surface area contributed by atoms with Crippen molar-refractivity contribution >= 4 is 16.9 Å². The van der Waals surface area contributed by atoms with E-state index in [0.29, 0.717) is 11.9 Å². The van der Waals surface area contributed by atoms with Crippen LogP contribution in [-0.2, 0) is 0 Å². The molecule has 0 aliphatic carbocycles. The highest BCUT2D eigenvalue weighted by molar-refractivity contribution is 5.98. The molecule has 2 heterocycles. The summed E-state index contributed by atoms with van der Waals surface area (Å²) in [5, 5.41) is 5.82. The molecule has 0 fully saturated rings. The van der Waals surface area contributed by atoms with Crippen molar-refractivity contribution in [3.63, 3.8) is 0 Å². The van der Waals surface area contributed by atoms with Gasteiger partial charge in [0.05, 0.1) is 11.4 Å². The van der Waals surface area contributed by atoms with Gasteiger partial charge in [0, 0.05) is 5.56 Å². The lowest BCUT2D eigenvalue weighted by molar-refractivity contribution is 0.389. The standard InChI is InChI=1S/C20H27N5/c1-3-5-7-13-16(10-4-2)25-20-17(19(21)22-14-23-20)18(24-25)15-11-8-6-9-12-15/h6,8-9,11-12,14,16H,3-5,7,10,13H2,1-2H3,(H2,21,22,23). The van der Waals surface area contributed by atoms with Crippen LogP contribution in [0.3, 0.4) is 0 Å². The number of anilines is 1. The zero-order chi connectivity index (χ0) is 17.6. The van der Waals surface area contributed by atoms with Gasteiger partial charge in [0.1, 0.15) is 17.8 Å². The summed E-state index contributed by atoms with van der Waals surface area (Å²) in [5.41, 5.74) is 8.98. The first-order valence-electron chi connectivity index (χ1n) is 9.30. The zero-order valence-electron chi connectivity index (χ0n) is 15.2. The van der Waals surface area contributed by atoms with E-state index < -0.39 is 0 Å². The Kier molecular flexibility index (Phi) is 5.64. The van der Waals surface area contributed by atoms with E-state index >= 15 is 0 Å². The van der Waals surface area contributed by atoms with E-state index in [1.54, 1.807) is 6.33 Å². The fraction of sp³-hybridized carbons (Fsp3) is 0.450. The highest BCUT2D eigenvalue weighted by Crippen LogP contribution is 2.33. The largest absolute Gasteiger partial charge is 0.383 e. The molecule has 5 heteroatoms. The summed E-state index contributed by atoms with van der Waals surface area (Å²) in [4.78, 5) is 8.73. The predicted octanol–water partition coefficient (Wildman–Crippen LogP) is 5.00. The molecule has 2 N–H and O–H groups in total. The molecule has 25 heavy (non-hydrogen) atoms. The van der Waals surface area contributed by atoms with Gasteiger partial charge in [-0.15, -0.1) is 0 Å². The quantitative estimate of drug-likeness (QED) is 0.587. The van der Waals surface area contributed by atoms with Crippen LogP contribution in [0.1, 0.15) is 58.4 Å². The lowest BCUT2D eigenvalue weighted by Gasteiger charge is -2.17. The second-order valence-electron chi connectivity index (χ2n) is 6.55. The van der Waals surface area contributed by atoms with Crippen LogP contribution in [-0.4, -0.2) is 19.7 Å². The van der Waals surface area contributed by atoms with Crippen molar-refractivity contribution in [3.8, 4) is 11.3 Å². The van der Waals surface area contributed by atoms with Crippen LogP contribution in [0.15, 0.2) is 36.7 Å². The van der Waals surface area contributed by atoms with E-state index in [0.717, 1.165) is 41.6 Å². The van der Waals surface area contributed by atoms with Gasteiger partial charge in [-0.1, -0.05) is 69.9 Å². The van der Waals surface area contributed by atoms with Crippen molar-refractivity contribution < 1.29 is 0 Å². The molecule has 0 spiro atoms.